The maximum atomic E-state index is 12.5. The van der Waals surface area contributed by atoms with Gasteiger partial charge in [0.2, 0.25) is 0 Å². The van der Waals surface area contributed by atoms with Crippen LogP contribution in [-0.2, 0) is 11.2 Å². The summed E-state index contributed by atoms with van der Waals surface area (Å²) in [7, 11) is 4.28. The number of benzene rings is 1. The summed E-state index contributed by atoms with van der Waals surface area (Å²) < 4.78 is 6.08. The summed E-state index contributed by atoms with van der Waals surface area (Å²) in [6.45, 7) is 4.27. The van der Waals surface area contributed by atoms with Crippen LogP contribution in [0.4, 0.5) is 0 Å². The zero-order valence-corrected chi connectivity index (χ0v) is 18.7. The predicted molar refractivity (Wildman–Crippen MR) is 119 cm³/mol. The second-order valence-corrected chi connectivity index (χ2v) is 10.3. The second-order valence-electron chi connectivity index (χ2n) is 10.3. The van der Waals surface area contributed by atoms with E-state index in [2.05, 4.69) is 44.1 Å². The van der Waals surface area contributed by atoms with Crippen molar-refractivity contribution in [3.63, 3.8) is 0 Å². The summed E-state index contributed by atoms with van der Waals surface area (Å²) >= 11 is 0. The number of aryl methyl sites for hydroxylation is 1. The number of hydrogen-bond acceptors (Lipinski definition) is 3. The van der Waals surface area contributed by atoms with Gasteiger partial charge in [-0.25, -0.2) is 0 Å². The van der Waals surface area contributed by atoms with E-state index in [1.54, 1.807) is 5.56 Å². The molecule has 0 radical (unpaired) electrons. The summed E-state index contributed by atoms with van der Waals surface area (Å²) in [6.07, 6.45) is 11.6. The third-order valence-electron chi connectivity index (χ3n) is 8.18. The standard InChI is InChI=1S/C26H39NO2/c1-26-15-14-22-21-11-9-20(29-17-7-5-4-6-16-27(2)3)18-19(21)8-10-23(22)24(26)12-13-25(26)28/h9,11,18,22-24H,4-8,10,12-17H2,1-3H3/t22-,23-,24-,26-/m0/s1. The van der Waals surface area contributed by atoms with Gasteiger partial charge in [0.15, 0.2) is 0 Å². The number of ketones is 1. The van der Waals surface area contributed by atoms with Crippen molar-refractivity contribution in [3.05, 3.63) is 29.3 Å². The summed E-state index contributed by atoms with van der Waals surface area (Å²) in [4.78, 5) is 14.7. The van der Waals surface area contributed by atoms with Crippen LogP contribution in [0.25, 0.3) is 0 Å². The van der Waals surface area contributed by atoms with Crippen molar-refractivity contribution >= 4 is 5.78 Å². The first kappa shape index (κ1) is 20.9. The number of rotatable bonds is 8. The Morgan fingerprint density at radius 3 is 2.72 bits per heavy atom. The Balaban J connectivity index is 1.31. The van der Waals surface area contributed by atoms with E-state index < -0.39 is 0 Å². The Bertz CT molecular complexity index is 727. The largest absolute Gasteiger partial charge is 0.494 e. The number of nitrogens with zero attached hydrogens (tertiary/aromatic N) is 1. The van der Waals surface area contributed by atoms with Crippen LogP contribution in [0.5, 0.6) is 5.75 Å². The van der Waals surface area contributed by atoms with Crippen molar-refractivity contribution in [2.24, 2.45) is 17.3 Å². The molecule has 3 aliphatic rings. The zero-order chi connectivity index (χ0) is 20.4. The van der Waals surface area contributed by atoms with E-state index in [1.165, 1.54) is 44.2 Å². The molecule has 4 rings (SSSR count). The highest BCUT2D eigenvalue weighted by atomic mass is 16.5. The Morgan fingerprint density at radius 1 is 1.07 bits per heavy atom. The SMILES string of the molecule is CN(C)CCCCCCOc1ccc2c(c1)CC[C@H]1[C@H]2CC[C@]2(C)C(=O)CC[C@@H]12. The Labute approximate surface area is 177 Å². The van der Waals surface area contributed by atoms with E-state index in [9.17, 15) is 4.79 Å². The molecule has 0 unspecified atom stereocenters. The number of carbonyl (C=O) groups is 1. The van der Waals surface area contributed by atoms with E-state index in [-0.39, 0.29) is 5.41 Å². The van der Waals surface area contributed by atoms with Crippen molar-refractivity contribution in [3.8, 4) is 5.75 Å². The highest BCUT2D eigenvalue weighted by Crippen LogP contribution is 2.59. The lowest BCUT2D eigenvalue weighted by Gasteiger charge is -2.48. The van der Waals surface area contributed by atoms with E-state index >= 15 is 0 Å². The van der Waals surface area contributed by atoms with Gasteiger partial charge in [-0.2, -0.15) is 0 Å². The summed E-state index contributed by atoms with van der Waals surface area (Å²) in [5.74, 6) is 3.57. The molecule has 2 fully saturated rings. The van der Waals surface area contributed by atoms with Gasteiger partial charge < -0.3 is 9.64 Å². The number of ether oxygens (including phenoxy) is 1. The van der Waals surface area contributed by atoms with Crippen LogP contribution in [0.2, 0.25) is 0 Å². The van der Waals surface area contributed by atoms with Gasteiger partial charge in [0, 0.05) is 11.8 Å². The minimum Gasteiger partial charge on any atom is -0.494 e. The van der Waals surface area contributed by atoms with Crippen molar-refractivity contribution in [2.75, 3.05) is 27.2 Å². The lowest BCUT2D eigenvalue weighted by atomic mass is 9.55. The van der Waals surface area contributed by atoms with E-state index in [1.807, 2.05) is 0 Å². The monoisotopic (exact) mass is 397 g/mol. The Hall–Kier alpha value is -1.35. The van der Waals surface area contributed by atoms with Crippen LogP contribution in [0, 0.1) is 17.3 Å². The fourth-order valence-corrected chi connectivity index (χ4v) is 6.49. The molecule has 0 bridgehead atoms. The van der Waals surface area contributed by atoms with Gasteiger partial charge in [0.05, 0.1) is 6.61 Å². The lowest BCUT2D eigenvalue weighted by molar-refractivity contribution is -0.129. The molecule has 1 aromatic rings. The third kappa shape index (κ3) is 4.26. The first-order valence-corrected chi connectivity index (χ1v) is 11.9. The normalized spacial score (nSPS) is 30.8. The molecule has 4 atom stereocenters. The van der Waals surface area contributed by atoms with Crippen molar-refractivity contribution in [2.45, 2.75) is 77.0 Å². The van der Waals surface area contributed by atoms with Gasteiger partial charge in [-0.1, -0.05) is 25.8 Å². The highest BCUT2D eigenvalue weighted by Gasteiger charge is 2.54. The Kier molecular flexibility index (Phi) is 6.34. The predicted octanol–water partition coefficient (Wildman–Crippen LogP) is 5.61. The third-order valence-corrected chi connectivity index (χ3v) is 8.18. The maximum Gasteiger partial charge on any atom is 0.139 e. The van der Waals surface area contributed by atoms with E-state index in [0.717, 1.165) is 44.5 Å². The van der Waals surface area contributed by atoms with E-state index in [4.69, 9.17) is 4.74 Å². The fourth-order valence-electron chi connectivity index (χ4n) is 6.49. The smallest absolute Gasteiger partial charge is 0.139 e. The van der Waals surface area contributed by atoms with Crippen molar-refractivity contribution in [1.82, 2.24) is 4.90 Å². The highest BCUT2D eigenvalue weighted by molar-refractivity contribution is 5.87. The molecule has 160 valence electrons. The van der Waals surface area contributed by atoms with Crippen LogP contribution in [0.1, 0.15) is 81.8 Å². The molecule has 3 nitrogen and oxygen atoms in total. The first-order valence-electron chi connectivity index (χ1n) is 11.9. The number of carbonyl (C=O) groups excluding carboxylic acids is 1. The Morgan fingerprint density at radius 2 is 1.90 bits per heavy atom. The summed E-state index contributed by atoms with van der Waals surface area (Å²) in [5.41, 5.74) is 3.04. The van der Waals surface area contributed by atoms with Crippen molar-refractivity contribution < 1.29 is 9.53 Å². The summed E-state index contributed by atoms with van der Waals surface area (Å²) in [6, 6.07) is 6.85. The van der Waals surface area contributed by atoms with Crippen LogP contribution in [0.3, 0.4) is 0 Å². The molecule has 0 aromatic heterocycles. The number of hydrogen-bond donors (Lipinski definition) is 0. The minimum atomic E-state index is -0.0196. The van der Waals surface area contributed by atoms with Gasteiger partial charge >= 0.3 is 0 Å². The molecule has 0 N–H and O–H groups in total. The molecular weight excluding hydrogens is 358 g/mol. The molecule has 0 amide bonds. The molecule has 0 aliphatic heterocycles. The molecule has 3 aliphatic carbocycles. The average Bonchev–Trinajstić information content (AvgIpc) is 3.01. The first-order chi connectivity index (χ1) is 14.0. The van der Waals surface area contributed by atoms with Gasteiger partial charge in [-0.15, -0.1) is 0 Å². The maximum absolute atomic E-state index is 12.5. The topological polar surface area (TPSA) is 29.5 Å². The molecule has 0 saturated heterocycles. The van der Waals surface area contributed by atoms with Gasteiger partial charge in [0.1, 0.15) is 11.5 Å². The van der Waals surface area contributed by atoms with Gasteiger partial charge in [-0.05, 0) is 107 Å². The number of unbranched alkanes of at least 4 members (excludes halogenated alkanes) is 3. The number of Topliss-reactive ketones (excluding diaryl/α,β-unsaturated/α-hetero) is 1. The van der Waals surface area contributed by atoms with Crippen molar-refractivity contribution in [1.29, 1.82) is 0 Å². The molecular formula is C26H39NO2. The molecule has 1 aromatic carbocycles. The molecule has 3 heteroatoms. The van der Waals surface area contributed by atoms with Crippen LogP contribution in [-0.4, -0.2) is 37.9 Å². The molecule has 29 heavy (non-hydrogen) atoms. The van der Waals surface area contributed by atoms with Crippen LogP contribution >= 0.6 is 0 Å². The number of fused-ring (bicyclic) bond motifs is 5. The fraction of sp³-hybridized carbons (Fsp3) is 0.731. The minimum absolute atomic E-state index is 0.0196. The quantitative estimate of drug-likeness (QED) is 0.534. The van der Waals surface area contributed by atoms with E-state index in [0.29, 0.717) is 23.5 Å². The zero-order valence-electron chi connectivity index (χ0n) is 18.7. The van der Waals surface area contributed by atoms with Gasteiger partial charge in [-0.3, -0.25) is 4.79 Å². The second kappa shape index (κ2) is 8.79. The van der Waals surface area contributed by atoms with Crippen LogP contribution < -0.4 is 4.74 Å². The van der Waals surface area contributed by atoms with Gasteiger partial charge in [0.25, 0.3) is 0 Å². The molecule has 0 spiro atoms. The van der Waals surface area contributed by atoms with Crippen LogP contribution in [0.15, 0.2) is 18.2 Å². The summed E-state index contributed by atoms with van der Waals surface area (Å²) in [5, 5.41) is 0. The average molecular weight is 398 g/mol. The molecule has 2 saturated carbocycles. The molecule has 0 heterocycles. The lowest BCUT2D eigenvalue weighted by Crippen LogP contribution is -2.42.